The summed E-state index contributed by atoms with van der Waals surface area (Å²) in [6, 6.07) is 0. The zero-order valence-electron chi connectivity index (χ0n) is 14.9. The Morgan fingerprint density at radius 3 is 2.24 bits per heavy atom. The number of carbonyl (C=O) groups excluding carboxylic acids is 4. The zero-order chi connectivity index (χ0) is 18.8. The van der Waals surface area contributed by atoms with E-state index in [-0.39, 0.29) is 11.9 Å². The summed E-state index contributed by atoms with van der Waals surface area (Å²) in [4.78, 5) is 45.0. The van der Waals surface area contributed by atoms with Crippen LogP contribution >= 0.6 is 0 Å². The zero-order valence-corrected chi connectivity index (χ0v) is 14.9. The third kappa shape index (κ3) is 7.07. The van der Waals surface area contributed by atoms with Gasteiger partial charge in [-0.25, -0.2) is 0 Å². The van der Waals surface area contributed by atoms with Crippen molar-refractivity contribution in [1.29, 1.82) is 0 Å². The molecule has 0 bridgehead atoms. The van der Waals surface area contributed by atoms with Crippen LogP contribution < -0.4 is 0 Å². The van der Waals surface area contributed by atoms with Gasteiger partial charge in [-0.15, -0.1) is 0 Å². The van der Waals surface area contributed by atoms with Gasteiger partial charge in [0.25, 0.3) is 0 Å². The van der Waals surface area contributed by atoms with Crippen LogP contribution in [0.3, 0.4) is 0 Å². The predicted octanol–water partition coefficient (Wildman–Crippen LogP) is 1.97. The van der Waals surface area contributed by atoms with E-state index in [1.807, 2.05) is 12.2 Å². The summed E-state index contributed by atoms with van der Waals surface area (Å²) in [5.74, 6) is -1.87. The summed E-state index contributed by atoms with van der Waals surface area (Å²) in [7, 11) is 1.35. The maximum absolute atomic E-state index is 11.5. The molecular weight excluding hydrogens is 328 g/mol. The number of esters is 3. The predicted molar refractivity (Wildman–Crippen MR) is 88.4 cm³/mol. The van der Waals surface area contributed by atoms with Crippen molar-refractivity contribution >= 4 is 24.2 Å². The molecule has 140 valence electrons. The summed E-state index contributed by atoms with van der Waals surface area (Å²) in [6.07, 6.45) is 6.15. The van der Waals surface area contributed by atoms with Gasteiger partial charge in [0.1, 0.15) is 18.5 Å². The number of ether oxygens (including phenoxy) is 3. The average molecular weight is 354 g/mol. The third-order valence-corrected chi connectivity index (χ3v) is 4.21. The van der Waals surface area contributed by atoms with E-state index < -0.39 is 30.1 Å². The van der Waals surface area contributed by atoms with Crippen molar-refractivity contribution in [2.75, 3.05) is 7.11 Å². The van der Waals surface area contributed by atoms with Crippen molar-refractivity contribution in [2.24, 2.45) is 11.8 Å². The van der Waals surface area contributed by atoms with Gasteiger partial charge in [0.15, 0.2) is 0 Å². The van der Waals surface area contributed by atoms with Crippen LogP contribution in [-0.4, -0.2) is 43.5 Å². The number of methoxy groups -OCH3 is 1. The number of aldehydes is 1. The van der Waals surface area contributed by atoms with Gasteiger partial charge in [-0.1, -0.05) is 12.2 Å². The minimum Gasteiger partial charge on any atom is -0.469 e. The molecule has 1 aliphatic carbocycles. The minimum atomic E-state index is -0.572. The molecule has 0 N–H and O–H groups in total. The Bertz CT molecular complexity index is 512. The molecule has 1 aliphatic rings. The van der Waals surface area contributed by atoms with Gasteiger partial charge in [0.2, 0.25) is 0 Å². The molecule has 7 nitrogen and oxygen atoms in total. The number of rotatable bonds is 9. The number of allylic oxidation sites excluding steroid dienone is 2. The Morgan fingerprint density at radius 1 is 1.04 bits per heavy atom. The van der Waals surface area contributed by atoms with Gasteiger partial charge in [-0.05, 0) is 19.3 Å². The molecule has 1 rings (SSSR count). The molecule has 0 aromatic carbocycles. The summed E-state index contributed by atoms with van der Waals surface area (Å²) < 4.78 is 15.1. The molecule has 25 heavy (non-hydrogen) atoms. The van der Waals surface area contributed by atoms with Gasteiger partial charge in [0.05, 0.1) is 13.0 Å². The van der Waals surface area contributed by atoms with Gasteiger partial charge in [-0.2, -0.15) is 0 Å². The smallest absolute Gasteiger partial charge is 0.305 e. The molecule has 0 aliphatic heterocycles. The van der Waals surface area contributed by atoms with E-state index in [1.54, 1.807) is 0 Å². The topological polar surface area (TPSA) is 96.0 Å². The highest BCUT2D eigenvalue weighted by Crippen LogP contribution is 2.38. The summed E-state index contributed by atoms with van der Waals surface area (Å²) in [5, 5.41) is 0. The molecule has 4 atom stereocenters. The first-order chi connectivity index (χ1) is 11.9. The normalized spacial score (nSPS) is 25.6. The first-order valence-corrected chi connectivity index (χ1v) is 8.40. The SMILES string of the molecule is COC(=O)CCCC=CC[C@@H]1[C@@H](C=O)[C@H](OC(C)=O)C[C@@H]1OC(C)=O. The summed E-state index contributed by atoms with van der Waals surface area (Å²) in [6.45, 7) is 2.60. The van der Waals surface area contributed by atoms with Gasteiger partial charge < -0.3 is 19.0 Å². The van der Waals surface area contributed by atoms with E-state index in [0.717, 1.165) is 6.29 Å². The molecule has 0 saturated heterocycles. The Balaban J connectivity index is 2.63. The fraction of sp³-hybridized carbons (Fsp3) is 0.667. The van der Waals surface area contributed by atoms with Crippen LogP contribution in [0.5, 0.6) is 0 Å². The highest BCUT2D eigenvalue weighted by molar-refractivity contribution is 5.69. The monoisotopic (exact) mass is 354 g/mol. The highest BCUT2D eigenvalue weighted by atomic mass is 16.6. The van der Waals surface area contributed by atoms with Crippen LogP contribution in [0.25, 0.3) is 0 Å². The molecule has 0 unspecified atom stereocenters. The standard InChI is InChI=1S/C18H26O7/c1-12(20)24-16-10-17(25-13(2)21)15(11-19)14(16)8-6-4-5-7-9-18(22)23-3/h4,6,11,14-17H,5,7-10H2,1-3H3/t14-,15-,16+,17-/m1/s1. The number of hydrogen-bond donors (Lipinski definition) is 0. The van der Waals surface area contributed by atoms with E-state index >= 15 is 0 Å². The van der Waals surface area contributed by atoms with Crippen LogP contribution in [0, 0.1) is 11.8 Å². The summed E-state index contributed by atoms with van der Waals surface area (Å²) in [5.41, 5.74) is 0. The van der Waals surface area contributed by atoms with E-state index in [2.05, 4.69) is 4.74 Å². The largest absolute Gasteiger partial charge is 0.469 e. The molecule has 0 aromatic heterocycles. The van der Waals surface area contributed by atoms with Gasteiger partial charge in [-0.3, -0.25) is 14.4 Å². The number of hydrogen-bond acceptors (Lipinski definition) is 7. The molecule has 0 aromatic rings. The number of unbranched alkanes of at least 4 members (excludes halogenated alkanes) is 1. The van der Waals surface area contributed by atoms with Crippen LogP contribution in [-0.2, 0) is 33.4 Å². The maximum Gasteiger partial charge on any atom is 0.305 e. The average Bonchev–Trinajstić information content (AvgIpc) is 2.85. The molecule has 0 spiro atoms. The first kappa shape index (κ1) is 20.9. The Hall–Kier alpha value is -2.18. The maximum atomic E-state index is 11.5. The Kier molecular flexibility index (Phi) is 8.88. The Labute approximate surface area is 147 Å². The van der Waals surface area contributed by atoms with Gasteiger partial charge >= 0.3 is 17.9 Å². The third-order valence-electron chi connectivity index (χ3n) is 4.21. The van der Waals surface area contributed by atoms with Crippen LogP contribution in [0.2, 0.25) is 0 Å². The molecule has 1 saturated carbocycles. The van der Waals surface area contributed by atoms with E-state index in [0.29, 0.717) is 32.1 Å². The van der Waals surface area contributed by atoms with Crippen molar-refractivity contribution in [3.05, 3.63) is 12.2 Å². The first-order valence-electron chi connectivity index (χ1n) is 8.40. The molecule has 1 fully saturated rings. The Morgan fingerprint density at radius 2 is 1.68 bits per heavy atom. The lowest BCUT2D eigenvalue weighted by atomic mass is 9.91. The van der Waals surface area contributed by atoms with Crippen molar-refractivity contribution in [1.82, 2.24) is 0 Å². The number of carbonyl (C=O) groups is 4. The lowest BCUT2D eigenvalue weighted by Crippen LogP contribution is -2.27. The minimum absolute atomic E-state index is 0.234. The van der Waals surface area contributed by atoms with Crippen molar-refractivity contribution < 1.29 is 33.4 Å². The van der Waals surface area contributed by atoms with Crippen molar-refractivity contribution in [3.8, 4) is 0 Å². The lowest BCUT2D eigenvalue weighted by Gasteiger charge is -2.20. The van der Waals surface area contributed by atoms with E-state index in [9.17, 15) is 19.2 Å². The molecule has 0 amide bonds. The van der Waals surface area contributed by atoms with E-state index in [1.165, 1.54) is 21.0 Å². The van der Waals surface area contributed by atoms with Crippen LogP contribution in [0.15, 0.2) is 12.2 Å². The van der Waals surface area contributed by atoms with Gasteiger partial charge in [0, 0.05) is 32.6 Å². The fourth-order valence-corrected chi connectivity index (χ4v) is 3.11. The van der Waals surface area contributed by atoms with Crippen molar-refractivity contribution in [3.63, 3.8) is 0 Å². The molecule has 0 radical (unpaired) electrons. The molecule has 7 heteroatoms. The second-order valence-electron chi connectivity index (χ2n) is 6.08. The lowest BCUT2D eigenvalue weighted by molar-refractivity contribution is -0.149. The highest BCUT2D eigenvalue weighted by Gasteiger charge is 2.46. The molecule has 0 heterocycles. The molecular formula is C18H26O7. The quantitative estimate of drug-likeness (QED) is 0.205. The second kappa shape index (κ2) is 10.6. The second-order valence-corrected chi connectivity index (χ2v) is 6.08. The fourth-order valence-electron chi connectivity index (χ4n) is 3.11. The van der Waals surface area contributed by atoms with E-state index in [4.69, 9.17) is 9.47 Å². The van der Waals surface area contributed by atoms with Crippen molar-refractivity contribution in [2.45, 2.75) is 58.2 Å². The van der Waals surface area contributed by atoms with Crippen LogP contribution in [0.4, 0.5) is 0 Å². The van der Waals surface area contributed by atoms with Crippen LogP contribution in [0.1, 0.15) is 46.0 Å². The summed E-state index contributed by atoms with van der Waals surface area (Å²) >= 11 is 0.